The number of methoxy groups -OCH3 is 1. The van der Waals surface area contributed by atoms with E-state index in [1.165, 1.54) is 0 Å². The van der Waals surface area contributed by atoms with E-state index in [9.17, 15) is 8.78 Å². The lowest BCUT2D eigenvalue weighted by molar-refractivity contribution is 0.146. The summed E-state index contributed by atoms with van der Waals surface area (Å²) in [5.41, 5.74) is 1.24. The zero-order valence-electron chi connectivity index (χ0n) is 15.3. The van der Waals surface area contributed by atoms with Crippen LogP contribution in [0.2, 0.25) is 0 Å². The van der Waals surface area contributed by atoms with Gasteiger partial charge in [-0.2, -0.15) is 0 Å². The van der Waals surface area contributed by atoms with Crippen molar-refractivity contribution in [1.82, 2.24) is 10.6 Å². The number of hydrogen-bond acceptors (Lipinski definition) is 3. The van der Waals surface area contributed by atoms with Crippen LogP contribution in [0.3, 0.4) is 0 Å². The third-order valence-electron chi connectivity index (χ3n) is 3.59. The van der Waals surface area contributed by atoms with Gasteiger partial charge >= 0.3 is 0 Å². The van der Waals surface area contributed by atoms with E-state index >= 15 is 0 Å². The predicted molar refractivity (Wildman–Crippen MR) is 113 cm³/mol. The number of hydrogen-bond donors (Lipinski definition) is 2. The molecule has 0 saturated carbocycles. The Morgan fingerprint density at radius 3 is 2.56 bits per heavy atom. The SMILES string of the molecule is CN=C(NCc1cccc(OCCOC)c1)NCc1cc(F)ccc1F.I. The lowest BCUT2D eigenvalue weighted by Crippen LogP contribution is -2.36. The zero-order chi connectivity index (χ0) is 18.8. The quantitative estimate of drug-likeness (QED) is 0.257. The summed E-state index contributed by atoms with van der Waals surface area (Å²) in [5.74, 6) is 0.303. The van der Waals surface area contributed by atoms with Crippen molar-refractivity contribution in [3.05, 3.63) is 65.2 Å². The van der Waals surface area contributed by atoms with Crippen molar-refractivity contribution in [3.63, 3.8) is 0 Å². The number of nitrogens with one attached hydrogen (secondary N) is 2. The monoisotopic (exact) mass is 491 g/mol. The molecule has 0 spiro atoms. The molecule has 0 saturated heterocycles. The fraction of sp³-hybridized carbons (Fsp3) is 0.316. The van der Waals surface area contributed by atoms with Crippen LogP contribution in [0.4, 0.5) is 8.78 Å². The van der Waals surface area contributed by atoms with Crippen LogP contribution >= 0.6 is 24.0 Å². The van der Waals surface area contributed by atoms with Crippen molar-refractivity contribution < 1.29 is 18.3 Å². The minimum atomic E-state index is -0.476. The van der Waals surface area contributed by atoms with Gasteiger partial charge in [0.2, 0.25) is 0 Å². The van der Waals surface area contributed by atoms with E-state index < -0.39 is 11.6 Å². The molecule has 0 aliphatic heterocycles. The summed E-state index contributed by atoms with van der Waals surface area (Å²) in [6.45, 7) is 1.64. The van der Waals surface area contributed by atoms with Gasteiger partial charge in [-0.1, -0.05) is 12.1 Å². The molecule has 0 bridgehead atoms. The minimum Gasteiger partial charge on any atom is -0.491 e. The summed E-state index contributed by atoms with van der Waals surface area (Å²) in [5, 5.41) is 6.09. The van der Waals surface area contributed by atoms with E-state index in [1.54, 1.807) is 14.2 Å². The number of nitrogens with zero attached hydrogens (tertiary/aromatic N) is 1. The topological polar surface area (TPSA) is 54.9 Å². The Bertz CT molecular complexity index is 745. The second-order valence-electron chi connectivity index (χ2n) is 5.50. The molecule has 0 fully saturated rings. The average molecular weight is 491 g/mol. The summed E-state index contributed by atoms with van der Waals surface area (Å²) in [4.78, 5) is 4.08. The maximum atomic E-state index is 13.7. The van der Waals surface area contributed by atoms with E-state index in [0.717, 1.165) is 29.5 Å². The Morgan fingerprint density at radius 2 is 1.81 bits per heavy atom. The van der Waals surface area contributed by atoms with Gasteiger partial charge in [-0.3, -0.25) is 4.99 Å². The van der Waals surface area contributed by atoms with Crippen LogP contribution in [-0.2, 0) is 17.8 Å². The molecule has 2 rings (SSSR count). The third kappa shape index (κ3) is 8.08. The van der Waals surface area contributed by atoms with E-state index in [-0.39, 0.29) is 36.1 Å². The molecule has 0 heterocycles. The molecule has 0 atom stereocenters. The van der Waals surface area contributed by atoms with E-state index in [0.29, 0.717) is 25.7 Å². The van der Waals surface area contributed by atoms with Gasteiger partial charge in [0.25, 0.3) is 0 Å². The van der Waals surface area contributed by atoms with E-state index in [4.69, 9.17) is 9.47 Å². The van der Waals surface area contributed by atoms with Crippen molar-refractivity contribution in [2.75, 3.05) is 27.4 Å². The highest BCUT2D eigenvalue weighted by atomic mass is 127. The molecule has 0 aromatic heterocycles. The van der Waals surface area contributed by atoms with Gasteiger partial charge in [0.15, 0.2) is 5.96 Å². The maximum Gasteiger partial charge on any atom is 0.191 e. The second kappa shape index (κ2) is 12.4. The summed E-state index contributed by atoms with van der Waals surface area (Å²) >= 11 is 0. The van der Waals surface area contributed by atoms with Gasteiger partial charge in [-0.25, -0.2) is 8.78 Å². The summed E-state index contributed by atoms with van der Waals surface area (Å²) in [6, 6.07) is 11.0. The van der Waals surface area contributed by atoms with Crippen molar-refractivity contribution in [2.24, 2.45) is 4.99 Å². The van der Waals surface area contributed by atoms with E-state index in [1.807, 2.05) is 24.3 Å². The van der Waals surface area contributed by atoms with Crippen molar-refractivity contribution >= 4 is 29.9 Å². The van der Waals surface area contributed by atoms with Gasteiger partial charge in [0.1, 0.15) is 24.0 Å². The molecule has 2 aromatic carbocycles. The van der Waals surface area contributed by atoms with Gasteiger partial charge < -0.3 is 20.1 Å². The molecule has 0 amide bonds. The first-order valence-corrected chi connectivity index (χ1v) is 8.21. The molecule has 0 radical (unpaired) electrons. The molecule has 0 aliphatic carbocycles. The molecule has 27 heavy (non-hydrogen) atoms. The Labute approximate surface area is 175 Å². The van der Waals surface area contributed by atoms with Crippen LogP contribution in [0.5, 0.6) is 5.75 Å². The Kier molecular flexibility index (Phi) is 10.6. The Balaban J connectivity index is 0.00000364. The van der Waals surface area contributed by atoms with Crippen LogP contribution in [0.15, 0.2) is 47.5 Å². The molecule has 0 unspecified atom stereocenters. The normalized spacial score (nSPS) is 10.9. The standard InChI is InChI=1S/C19H23F2N3O2.HI/c1-22-19(24-13-15-11-16(20)6-7-18(15)21)23-12-14-4-3-5-17(10-14)26-9-8-25-2;/h3-7,10-11H,8-9,12-13H2,1-2H3,(H2,22,23,24);1H. The van der Waals surface area contributed by atoms with Gasteiger partial charge in [-0.05, 0) is 35.9 Å². The van der Waals surface area contributed by atoms with Crippen LogP contribution in [0, 0.1) is 11.6 Å². The first-order valence-electron chi connectivity index (χ1n) is 8.21. The predicted octanol–water partition coefficient (Wildman–Crippen LogP) is 3.47. The highest BCUT2D eigenvalue weighted by Gasteiger charge is 2.05. The summed E-state index contributed by atoms with van der Waals surface area (Å²) in [7, 11) is 3.24. The van der Waals surface area contributed by atoms with Crippen LogP contribution in [0.25, 0.3) is 0 Å². The number of aliphatic imine (C=N–C) groups is 1. The third-order valence-corrected chi connectivity index (χ3v) is 3.59. The lowest BCUT2D eigenvalue weighted by atomic mass is 10.2. The average Bonchev–Trinajstić information content (AvgIpc) is 2.65. The molecular formula is C19H24F2IN3O2. The minimum absolute atomic E-state index is 0. The number of guanidine groups is 1. The first kappa shape index (κ1) is 23.1. The number of ether oxygens (including phenoxy) is 2. The molecule has 2 aromatic rings. The van der Waals surface area contributed by atoms with Crippen molar-refractivity contribution in [3.8, 4) is 5.75 Å². The maximum absolute atomic E-state index is 13.7. The summed E-state index contributed by atoms with van der Waals surface area (Å²) < 4.78 is 37.4. The first-order chi connectivity index (χ1) is 12.6. The fourth-order valence-electron chi connectivity index (χ4n) is 2.25. The van der Waals surface area contributed by atoms with Crippen molar-refractivity contribution in [1.29, 1.82) is 0 Å². The lowest BCUT2D eigenvalue weighted by Gasteiger charge is -2.13. The summed E-state index contributed by atoms with van der Waals surface area (Å²) in [6.07, 6.45) is 0. The zero-order valence-corrected chi connectivity index (χ0v) is 17.6. The molecule has 8 heteroatoms. The second-order valence-corrected chi connectivity index (χ2v) is 5.50. The molecule has 2 N–H and O–H groups in total. The number of halogens is 3. The number of rotatable bonds is 8. The van der Waals surface area contributed by atoms with Crippen molar-refractivity contribution in [2.45, 2.75) is 13.1 Å². The Hall–Kier alpha value is -1.94. The van der Waals surface area contributed by atoms with Crippen LogP contribution in [0.1, 0.15) is 11.1 Å². The molecular weight excluding hydrogens is 467 g/mol. The van der Waals surface area contributed by atoms with Gasteiger partial charge in [0.05, 0.1) is 6.61 Å². The van der Waals surface area contributed by atoms with Gasteiger partial charge in [-0.15, -0.1) is 24.0 Å². The van der Waals surface area contributed by atoms with E-state index in [2.05, 4.69) is 15.6 Å². The molecule has 5 nitrogen and oxygen atoms in total. The van der Waals surface area contributed by atoms with Crippen LogP contribution < -0.4 is 15.4 Å². The molecule has 0 aliphatic rings. The fourth-order valence-corrected chi connectivity index (χ4v) is 2.25. The van der Waals surface area contributed by atoms with Gasteiger partial charge in [0, 0.05) is 32.8 Å². The highest BCUT2D eigenvalue weighted by molar-refractivity contribution is 14.0. The van der Waals surface area contributed by atoms with Crippen LogP contribution in [-0.4, -0.2) is 33.3 Å². The Morgan fingerprint density at radius 1 is 1.04 bits per heavy atom. The highest BCUT2D eigenvalue weighted by Crippen LogP contribution is 2.13. The largest absolute Gasteiger partial charge is 0.491 e. The smallest absolute Gasteiger partial charge is 0.191 e. The molecule has 148 valence electrons. The number of benzene rings is 2.